The van der Waals surface area contributed by atoms with E-state index in [9.17, 15) is 0 Å². The summed E-state index contributed by atoms with van der Waals surface area (Å²) in [5, 5.41) is 12.5. The van der Waals surface area contributed by atoms with Crippen molar-refractivity contribution in [2.45, 2.75) is 57.8 Å². The van der Waals surface area contributed by atoms with E-state index in [1.54, 1.807) is 0 Å². The average Bonchev–Trinajstić information content (AvgIpc) is 3.12. The van der Waals surface area contributed by atoms with Gasteiger partial charge in [-0.15, -0.1) is 0 Å². The van der Waals surface area contributed by atoms with Gasteiger partial charge in [0, 0.05) is 24.8 Å². The Morgan fingerprint density at radius 2 is 2.12 bits per heavy atom. The number of nitrogens with two attached hydrogens (primary N) is 1. The van der Waals surface area contributed by atoms with Crippen molar-refractivity contribution in [1.29, 1.82) is 0 Å². The molecular weight excluding hydrogens is 342 g/mol. The van der Waals surface area contributed by atoms with Gasteiger partial charge in [0.05, 0.1) is 0 Å². The molecule has 5 nitrogen and oxygen atoms in total. The zero-order valence-corrected chi connectivity index (χ0v) is 17.7. The molecular formula is C20H33N3O2Si. The summed E-state index contributed by atoms with van der Waals surface area (Å²) in [6.07, 6.45) is 2.22. The van der Waals surface area contributed by atoms with Crippen LogP contribution in [0.25, 0.3) is 0 Å². The van der Waals surface area contributed by atoms with Gasteiger partial charge in [0.1, 0.15) is 0 Å². The molecule has 0 saturated carbocycles. The van der Waals surface area contributed by atoms with Gasteiger partial charge >= 0.3 is 0 Å². The molecule has 0 radical (unpaired) electrons. The fourth-order valence-corrected chi connectivity index (χ4v) is 5.18. The molecule has 0 amide bonds. The summed E-state index contributed by atoms with van der Waals surface area (Å²) < 4.78 is 6.40. The fourth-order valence-electron chi connectivity index (χ4n) is 4.14. The van der Waals surface area contributed by atoms with Crippen molar-refractivity contribution in [3.05, 3.63) is 34.9 Å². The molecule has 6 heteroatoms. The van der Waals surface area contributed by atoms with Crippen molar-refractivity contribution in [1.82, 2.24) is 4.90 Å². The maximum atomic E-state index is 9.07. The molecule has 1 fully saturated rings. The molecule has 3 N–H and O–H groups in total. The van der Waals surface area contributed by atoms with E-state index in [2.05, 4.69) is 50.0 Å². The minimum atomic E-state index is -1.70. The van der Waals surface area contributed by atoms with Gasteiger partial charge in [-0.05, 0) is 54.6 Å². The molecule has 2 unspecified atom stereocenters. The molecule has 0 spiro atoms. The number of fused-ring (bicyclic) bond motifs is 3. The Kier molecular flexibility index (Phi) is 5.21. The Balaban J connectivity index is 1.72. The molecule has 26 heavy (non-hydrogen) atoms. The van der Waals surface area contributed by atoms with E-state index in [-0.39, 0.29) is 10.9 Å². The first kappa shape index (κ1) is 19.4. The summed E-state index contributed by atoms with van der Waals surface area (Å²) in [7, 11) is -1.70. The summed E-state index contributed by atoms with van der Waals surface area (Å²) in [5.41, 5.74) is 9.39. The van der Waals surface area contributed by atoms with Gasteiger partial charge < -0.3 is 15.4 Å². The fraction of sp³-hybridized carbons (Fsp3) is 0.650. The third kappa shape index (κ3) is 3.42. The van der Waals surface area contributed by atoms with E-state index in [0.29, 0.717) is 12.0 Å². The number of rotatable bonds is 5. The van der Waals surface area contributed by atoms with Crippen LogP contribution in [0.3, 0.4) is 0 Å². The van der Waals surface area contributed by atoms with Gasteiger partial charge in [0.25, 0.3) is 0 Å². The Labute approximate surface area is 158 Å². The van der Waals surface area contributed by atoms with Crippen LogP contribution in [0, 0.1) is 5.92 Å². The minimum Gasteiger partial charge on any atom is -0.416 e. The molecule has 1 saturated heterocycles. The molecule has 2 atom stereocenters. The van der Waals surface area contributed by atoms with Crippen LogP contribution in [0.2, 0.25) is 18.1 Å². The van der Waals surface area contributed by atoms with Gasteiger partial charge in [0.2, 0.25) is 0 Å². The first-order valence-corrected chi connectivity index (χ1v) is 12.5. The molecule has 1 aromatic carbocycles. The number of hydrogen-bond donors (Lipinski definition) is 2. The number of hydrogen-bond acceptors (Lipinski definition) is 4. The van der Waals surface area contributed by atoms with E-state index in [1.807, 2.05) is 12.1 Å². The highest BCUT2D eigenvalue weighted by Crippen LogP contribution is 2.47. The topological polar surface area (TPSA) is 71.1 Å². The second kappa shape index (κ2) is 6.98. The number of benzene rings is 1. The third-order valence-corrected chi connectivity index (χ3v) is 11.2. The van der Waals surface area contributed by atoms with Gasteiger partial charge in [-0.1, -0.05) is 44.1 Å². The van der Waals surface area contributed by atoms with Crippen molar-refractivity contribution in [2.75, 3.05) is 19.7 Å². The Bertz CT molecular complexity index is 697. The third-order valence-electron chi connectivity index (χ3n) is 6.66. The average molecular weight is 376 g/mol. The zero-order valence-electron chi connectivity index (χ0n) is 16.7. The Hall–Kier alpha value is -1.37. The van der Waals surface area contributed by atoms with E-state index >= 15 is 0 Å². The molecule has 144 valence electrons. The Morgan fingerprint density at radius 1 is 1.38 bits per heavy atom. The van der Waals surface area contributed by atoms with Crippen molar-refractivity contribution in [3.63, 3.8) is 0 Å². The molecule has 0 aromatic heterocycles. The number of likely N-dealkylation sites (tertiary alicyclic amines) is 1. The largest absolute Gasteiger partial charge is 0.416 e. The first-order valence-electron chi connectivity index (χ1n) is 9.63. The summed E-state index contributed by atoms with van der Waals surface area (Å²) in [5.74, 6) is 0.847. The lowest BCUT2D eigenvalue weighted by Crippen LogP contribution is -2.42. The summed E-state index contributed by atoms with van der Waals surface area (Å²) in [4.78, 5) is 2.57. The number of nitrogens with zero attached hydrogens (tertiary/aromatic N) is 2. The van der Waals surface area contributed by atoms with Crippen LogP contribution in [-0.2, 0) is 10.8 Å². The lowest BCUT2D eigenvalue weighted by Gasteiger charge is -2.37. The van der Waals surface area contributed by atoms with Gasteiger partial charge in [-0.25, -0.2) is 0 Å². The monoisotopic (exact) mass is 375 g/mol. The number of amidine groups is 1. The van der Waals surface area contributed by atoms with E-state index < -0.39 is 8.32 Å². The van der Waals surface area contributed by atoms with Gasteiger partial charge in [0.15, 0.2) is 14.2 Å². The smallest absolute Gasteiger partial charge is 0.192 e. The van der Waals surface area contributed by atoms with Gasteiger partial charge in [-0.2, -0.15) is 0 Å². The molecule has 2 aliphatic rings. The highest BCUT2D eigenvalue weighted by molar-refractivity contribution is 6.74. The molecule has 1 aliphatic heterocycles. The zero-order chi connectivity index (χ0) is 19.1. The molecule has 0 bridgehead atoms. The van der Waals surface area contributed by atoms with Crippen molar-refractivity contribution >= 4 is 14.2 Å². The summed E-state index contributed by atoms with van der Waals surface area (Å²) >= 11 is 0. The predicted molar refractivity (Wildman–Crippen MR) is 108 cm³/mol. The van der Waals surface area contributed by atoms with E-state index in [0.717, 1.165) is 31.7 Å². The van der Waals surface area contributed by atoms with Crippen LogP contribution in [-0.4, -0.2) is 44.0 Å². The van der Waals surface area contributed by atoms with Crippen molar-refractivity contribution < 1.29 is 9.63 Å². The lowest BCUT2D eigenvalue weighted by molar-refractivity contribution is 0.180. The van der Waals surface area contributed by atoms with Crippen LogP contribution in [0.4, 0.5) is 0 Å². The van der Waals surface area contributed by atoms with Crippen LogP contribution < -0.4 is 5.73 Å². The second-order valence-electron chi connectivity index (χ2n) is 9.20. The first-order chi connectivity index (χ1) is 12.2. The van der Waals surface area contributed by atoms with Crippen LogP contribution in [0.1, 0.15) is 49.9 Å². The standard InChI is InChI=1S/C20H33N3O2Si/c1-20(2,3)26(4,5)25-12-11-23-10-9-14-13-17-15(18(14)23)7-6-8-16(17)19(21)22-24/h6-8,14,18,24H,9-13H2,1-5H3,(H2,21,22). The van der Waals surface area contributed by atoms with Crippen LogP contribution in [0.15, 0.2) is 23.4 Å². The second-order valence-corrected chi connectivity index (χ2v) is 14.0. The van der Waals surface area contributed by atoms with Crippen LogP contribution >= 0.6 is 0 Å². The maximum Gasteiger partial charge on any atom is 0.192 e. The minimum absolute atomic E-state index is 0.217. The highest BCUT2D eigenvalue weighted by atomic mass is 28.4. The van der Waals surface area contributed by atoms with Crippen molar-refractivity contribution in [2.24, 2.45) is 16.8 Å². The SMILES string of the molecule is CC(C)(C)[Si](C)(C)OCCN1CCC2Cc3c(/C(N)=N/O)cccc3C21. The van der Waals surface area contributed by atoms with E-state index in [1.165, 1.54) is 17.5 Å². The van der Waals surface area contributed by atoms with E-state index in [4.69, 9.17) is 15.4 Å². The number of oxime groups is 1. The molecule has 1 aromatic rings. The molecule has 1 heterocycles. The summed E-state index contributed by atoms with van der Waals surface area (Å²) in [6, 6.07) is 6.64. The predicted octanol–water partition coefficient (Wildman–Crippen LogP) is 3.72. The Morgan fingerprint density at radius 3 is 2.77 bits per heavy atom. The molecule has 1 aliphatic carbocycles. The van der Waals surface area contributed by atoms with Crippen molar-refractivity contribution in [3.8, 4) is 0 Å². The van der Waals surface area contributed by atoms with Crippen LogP contribution in [0.5, 0.6) is 0 Å². The lowest BCUT2D eigenvalue weighted by atomic mass is 10.0. The highest BCUT2D eigenvalue weighted by Gasteiger charge is 2.42. The quantitative estimate of drug-likeness (QED) is 0.270. The maximum absolute atomic E-state index is 9.07. The summed E-state index contributed by atoms with van der Waals surface area (Å²) in [6.45, 7) is 14.4. The normalized spacial score (nSPS) is 24.0. The van der Waals surface area contributed by atoms with Gasteiger partial charge in [-0.3, -0.25) is 4.90 Å². The molecule has 3 rings (SSSR count).